The lowest BCUT2D eigenvalue weighted by atomic mass is 10.0. The number of hydrogen-bond acceptors (Lipinski definition) is 5. The fourth-order valence-electron chi connectivity index (χ4n) is 3.37. The van der Waals surface area contributed by atoms with Crippen LogP contribution in [0.4, 0.5) is 5.69 Å². The molecular formula is C25H28N2O5S. The molecule has 0 heterocycles. The highest BCUT2D eigenvalue weighted by Crippen LogP contribution is 2.32. The molecule has 1 atom stereocenters. The molecule has 8 heteroatoms. The van der Waals surface area contributed by atoms with E-state index in [1.165, 1.54) is 32.4 Å². The molecule has 174 valence electrons. The molecule has 0 unspecified atom stereocenters. The van der Waals surface area contributed by atoms with E-state index in [0.717, 1.165) is 9.87 Å². The second kappa shape index (κ2) is 10.9. The van der Waals surface area contributed by atoms with Gasteiger partial charge in [-0.05, 0) is 35.7 Å². The SMILES string of the molecule is COc1ccc(S(=O)(=O)N(CC(=O)NC[C@H](C)c2ccccc2)c2ccccc2)cc1OC. The average molecular weight is 469 g/mol. The first kappa shape index (κ1) is 24.1. The minimum absolute atomic E-state index is 0.00513. The van der Waals surface area contributed by atoms with Gasteiger partial charge in [-0.2, -0.15) is 0 Å². The molecule has 1 amide bonds. The average Bonchev–Trinajstić information content (AvgIpc) is 2.86. The van der Waals surface area contributed by atoms with Crippen molar-refractivity contribution in [1.29, 1.82) is 0 Å². The zero-order valence-corrected chi connectivity index (χ0v) is 19.7. The Hall–Kier alpha value is -3.52. The molecule has 7 nitrogen and oxygen atoms in total. The third-order valence-electron chi connectivity index (χ3n) is 5.25. The number of nitrogens with zero attached hydrogens (tertiary/aromatic N) is 1. The molecule has 1 N–H and O–H groups in total. The molecule has 0 aliphatic rings. The third kappa shape index (κ3) is 5.84. The van der Waals surface area contributed by atoms with Gasteiger partial charge in [0, 0.05) is 12.6 Å². The number of carbonyl (C=O) groups excluding carboxylic acids is 1. The predicted octanol–water partition coefficient (Wildman–Crippen LogP) is 3.82. The maximum atomic E-state index is 13.5. The molecule has 0 aliphatic carbocycles. The van der Waals surface area contributed by atoms with Gasteiger partial charge in [0.15, 0.2) is 11.5 Å². The number of ether oxygens (including phenoxy) is 2. The van der Waals surface area contributed by atoms with Crippen molar-refractivity contribution in [1.82, 2.24) is 5.32 Å². The Labute approximate surface area is 195 Å². The summed E-state index contributed by atoms with van der Waals surface area (Å²) in [6, 6.07) is 22.7. The summed E-state index contributed by atoms with van der Waals surface area (Å²) in [4.78, 5) is 12.8. The van der Waals surface area contributed by atoms with Crippen molar-refractivity contribution in [2.45, 2.75) is 17.7 Å². The monoisotopic (exact) mass is 468 g/mol. The summed E-state index contributed by atoms with van der Waals surface area (Å²) in [5.74, 6) is 0.386. The number of para-hydroxylation sites is 1. The van der Waals surface area contributed by atoms with E-state index in [-0.39, 0.29) is 23.1 Å². The number of benzene rings is 3. The number of nitrogens with one attached hydrogen (secondary N) is 1. The van der Waals surface area contributed by atoms with Crippen LogP contribution in [0.25, 0.3) is 0 Å². The van der Waals surface area contributed by atoms with Crippen LogP contribution in [0.15, 0.2) is 83.8 Å². The quantitative estimate of drug-likeness (QED) is 0.489. The summed E-state index contributed by atoms with van der Waals surface area (Å²) in [5.41, 5.74) is 1.48. The van der Waals surface area contributed by atoms with Crippen LogP contribution in [-0.2, 0) is 14.8 Å². The summed E-state index contributed by atoms with van der Waals surface area (Å²) in [6.07, 6.45) is 0. The van der Waals surface area contributed by atoms with E-state index >= 15 is 0 Å². The Balaban J connectivity index is 1.84. The second-order valence-electron chi connectivity index (χ2n) is 7.48. The number of methoxy groups -OCH3 is 2. The molecule has 0 aromatic heterocycles. The molecule has 0 spiro atoms. The Morgan fingerprint density at radius 3 is 2.12 bits per heavy atom. The van der Waals surface area contributed by atoms with Crippen LogP contribution in [0.1, 0.15) is 18.4 Å². The van der Waals surface area contributed by atoms with E-state index < -0.39 is 15.9 Å². The first-order chi connectivity index (χ1) is 15.9. The van der Waals surface area contributed by atoms with Crippen LogP contribution >= 0.6 is 0 Å². The number of hydrogen-bond donors (Lipinski definition) is 1. The van der Waals surface area contributed by atoms with Crippen LogP contribution < -0.4 is 19.1 Å². The first-order valence-corrected chi connectivity index (χ1v) is 11.9. The number of anilines is 1. The van der Waals surface area contributed by atoms with Gasteiger partial charge >= 0.3 is 0 Å². The number of amides is 1. The highest BCUT2D eigenvalue weighted by Gasteiger charge is 2.28. The predicted molar refractivity (Wildman–Crippen MR) is 128 cm³/mol. The molecule has 0 aliphatic heterocycles. The topological polar surface area (TPSA) is 84.9 Å². The fraction of sp³-hybridized carbons (Fsp3) is 0.240. The normalized spacial score (nSPS) is 12.0. The van der Waals surface area contributed by atoms with E-state index in [1.54, 1.807) is 30.3 Å². The maximum Gasteiger partial charge on any atom is 0.264 e. The Kier molecular flexibility index (Phi) is 7.95. The highest BCUT2D eigenvalue weighted by atomic mass is 32.2. The second-order valence-corrected chi connectivity index (χ2v) is 9.34. The van der Waals surface area contributed by atoms with E-state index in [9.17, 15) is 13.2 Å². The lowest BCUT2D eigenvalue weighted by Crippen LogP contribution is -2.41. The molecule has 0 saturated carbocycles. The van der Waals surface area contributed by atoms with Crippen molar-refractivity contribution in [2.75, 3.05) is 31.6 Å². The summed E-state index contributed by atoms with van der Waals surface area (Å²) >= 11 is 0. The Bertz CT molecular complexity index is 1170. The lowest BCUT2D eigenvalue weighted by Gasteiger charge is -2.25. The minimum atomic E-state index is -4.06. The minimum Gasteiger partial charge on any atom is -0.493 e. The van der Waals surface area contributed by atoms with Gasteiger partial charge in [0.05, 0.1) is 24.8 Å². The van der Waals surface area contributed by atoms with Gasteiger partial charge in [-0.25, -0.2) is 8.42 Å². The zero-order valence-electron chi connectivity index (χ0n) is 18.9. The smallest absolute Gasteiger partial charge is 0.264 e. The van der Waals surface area contributed by atoms with Crippen LogP contribution in [0.5, 0.6) is 11.5 Å². The maximum absolute atomic E-state index is 13.5. The van der Waals surface area contributed by atoms with Crippen molar-refractivity contribution in [3.05, 3.63) is 84.4 Å². The van der Waals surface area contributed by atoms with Crippen molar-refractivity contribution in [3.63, 3.8) is 0 Å². The summed E-state index contributed by atoms with van der Waals surface area (Å²) in [7, 11) is -1.15. The lowest BCUT2D eigenvalue weighted by molar-refractivity contribution is -0.119. The van der Waals surface area contributed by atoms with Crippen LogP contribution in [0.3, 0.4) is 0 Å². The van der Waals surface area contributed by atoms with Gasteiger partial charge in [-0.1, -0.05) is 55.5 Å². The molecule has 3 rings (SSSR count). The van der Waals surface area contributed by atoms with E-state index in [0.29, 0.717) is 18.0 Å². The van der Waals surface area contributed by atoms with Crippen molar-refractivity contribution in [3.8, 4) is 11.5 Å². The van der Waals surface area contributed by atoms with Crippen LogP contribution in [0.2, 0.25) is 0 Å². The molecule has 3 aromatic rings. The van der Waals surface area contributed by atoms with Gasteiger partial charge in [0.1, 0.15) is 6.54 Å². The number of rotatable bonds is 10. The summed E-state index contributed by atoms with van der Waals surface area (Å²) in [5, 5.41) is 2.86. The number of carbonyl (C=O) groups is 1. The molecule has 0 radical (unpaired) electrons. The Morgan fingerprint density at radius 2 is 1.52 bits per heavy atom. The van der Waals surface area contributed by atoms with Crippen molar-refractivity contribution < 1.29 is 22.7 Å². The zero-order chi connectivity index (χ0) is 23.8. The van der Waals surface area contributed by atoms with Gasteiger partial charge in [-0.15, -0.1) is 0 Å². The highest BCUT2D eigenvalue weighted by molar-refractivity contribution is 7.92. The van der Waals surface area contributed by atoms with E-state index in [2.05, 4.69) is 5.32 Å². The molecule has 0 saturated heterocycles. The van der Waals surface area contributed by atoms with Gasteiger partial charge < -0.3 is 14.8 Å². The summed E-state index contributed by atoms with van der Waals surface area (Å²) < 4.78 is 38.6. The molecule has 3 aromatic carbocycles. The van der Waals surface area contributed by atoms with Crippen molar-refractivity contribution >= 4 is 21.6 Å². The Morgan fingerprint density at radius 1 is 0.909 bits per heavy atom. The van der Waals surface area contributed by atoms with E-state index in [1.807, 2.05) is 37.3 Å². The van der Waals surface area contributed by atoms with E-state index in [4.69, 9.17) is 9.47 Å². The molecule has 0 fully saturated rings. The van der Waals surface area contributed by atoms with Gasteiger partial charge in [-0.3, -0.25) is 9.10 Å². The molecule has 33 heavy (non-hydrogen) atoms. The van der Waals surface area contributed by atoms with Crippen LogP contribution in [-0.4, -0.2) is 41.6 Å². The van der Waals surface area contributed by atoms with Crippen molar-refractivity contribution in [2.24, 2.45) is 0 Å². The third-order valence-corrected chi connectivity index (χ3v) is 7.02. The largest absolute Gasteiger partial charge is 0.493 e. The first-order valence-electron chi connectivity index (χ1n) is 10.5. The van der Waals surface area contributed by atoms with Gasteiger partial charge in [0.25, 0.3) is 10.0 Å². The molecular weight excluding hydrogens is 440 g/mol. The van der Waals surface area contributed by atoms with Crippen LogP contribution in [0, 0.1) is 0 Å². The fourth-order valence-corrected chi connectivity index (χ4v) is 4.80. The standard InChI is InChI=1S/C25H28N2O5S/c1-19(20-10-6-4-7-11-20)17-26-25(28)18-27(21-12-8-5-9-13-21)33(29,30)22-14-15-23(31-2)24(16-22)32-3/h4-16,19H,17-18H2,1-3H3,(H,26,28)/t19-/m0/s1. The number of sulfonamides is 1. The molecule has 0 bridgehead atoms. The summed E-state index contributed by atoms with van der Waals surface area (Å²) in [6.45, 7) is 2.04. The van der Waals surface area contributed by atoms with Gasteiger partial charge in [0.2, 0.25) is 5.91 Å².